The van der Waals surface area contributed by atoms with Gasteiger partial charge in [0.2, 0.25) is 0 Å². The lowest BCUT2D eigenvalue weighted by atomic mass is 10.2. The molecule has 3 rings (SSSR count). The second-order valence-corrected chi connectivity index (χ2v) is 10.5. The highest BCUT2D eigenvalue weighted by Crippen LogP contribution is 2.36. The lowest BCUT2D eigenvalue weighted by molar-refractivity contribution is -0.167. The van der Waals surface area contributed by atoms with Crippen molar-refractivity contribution in [3.63, 3.8) is 0 Å². The van der Waals surface area contributed by atoms with E-state index in [0.717, 1.165) is 12.1 Å². The smallest absolute Gasteiger partial charge is 0.417 e. The first-order valence-corrected chi connectivity index (χ1v) is 13.3. The van der Waals surface area contributed by atoms with Gasteiger partial charge in [0.05, 0.1) is 17.2 Å². The van der Waals surface area contributed by atoms with E-state index in [1.807, 2.05) is 0 Å². The Balaban J connectivity index is 1.49. The fourth-order valence-corrected chi connectivity index (χ4v) is 3.62. The number of nitrogens with zero attached hydrogens (tertiary/aromatic N) is 1. The predicted octanol–water partition coefficient (Wildman–Crippen LogP) is 6.67. The normalized spacial score (nSPS) is 12.2. The lowest BCUT2D eigenvalue weighted by Crippen LogP contribution is -2.34. The largest absolute Gasteiger partial charge is 0.458 e. The number of pyridine rings is 1. The molecule has 0 aliphatic carbocycles. The van der Waals surface area contributed by atoms with E-state index in [1.165, 1.54) is 30.5 Å². The van der Waals surface area contributed by atoms with E-state index in [9.17, 15) is 27.6 Å². The predicted molar refractivity (Wildman–Crippen MR) is 153 cm³/mol. The van der Waals surface area contributed by atoms with Gasteiger partial charge in [-0.3, -0.25) is 9.78 Å². The summed E-state index contributed by atoms with van der Waals surface area (Å²) in [6, 6.07) is 11.4. The van der Waals surface area contributed by atoms with E-state index in [-0.39, 0.29) is 24.5 Å². The first-order chi connectivity index (χ1) is 20.1. The molecule has 0 aliphatic heterocycles. The van der Waals surface area contributed by atoms with Gasteiger partial charge in [0.1, 0.15) is 22.8 Å². The molecular weight excluding hydrogens is 593 g/mol. The summed E-state index contributed by atoms with van der Waals surface area (Å²) in [4.78, 5) is 40.8. The van der Waals surface area contributed by atoms with Crippen LogP contribution in [0.4, 0.5) is 29.3 Å². The van der Waals surface area contributed by atoms with Crippen LogP contribution in [0.1, 0.15) is 43.7 Å². The van der Waals surface area contributed by atoms with E-state index in [1.54, 1.807) is 45.9 Å². The third-order valence-electron chi connectivity index (χ3n) is 5.34. The third kappa shape index (κ3) is 10.8. The maximum Gasteiger partial charge on any atom is 0.417 e. The number of rotatable bonds is 10. The minimum atomic E-state index is -4.67. The maximum absolute atomic E-state index is 13.1. The van der Waals surface area contributed by atoms with E-state index in [2.05, 4.69) is 20.9 Å². The van der Waals surface area contributed by atoms with Crippen LogP contribution in [0.25, 0.3) is 0 Å². The van der Waals surface area contributed by atoms with Gasteiger partial charge in [-0.25, -0.2) is 9.59 Å². The monoisotopic (exact) mass is 622 g/mol. The number of carbonyl (C=O) groups excluding carboxylic acids is 3. The molecule has 1 unspecified atom stereocenters. The fraction of sp³-hybridized carbons (Fsp3) is 0.310. The molecule has 3 amide bonds. The van der Waals surface area contributed by atoms with Crippen LogP contribution in [-0.4, -0.2) is 47.7 Å². The van der Waals surface area contributed by atoms with Gasteiger partial charge in [-0.15, -0.1) is 0 Å². The standard InChI is InChI=1S/C29H30ClF3N4O6/c1-17(26(39)43-28(2,3)4)41-14-13-35-25(38)24-16-21(11-12-34-24)42-20-8-5-18(6-9-20)36-27(40)37-19-7-10-23(30)22(15-19)29(31,32)33/h5-12,15-17H,13-14H2,1-4H3,(H,35,38)(H2,36,37,40). The van der Waals surface area contributed by atoms with Crippen LogP contribution < -0.4 is 20.7 Å². The number of hydrogen-bond donors (Lipinski definition) is 3. The second-order valence-electron chi connectivity index (χ2n) is 10.1. The van der Waals surface area contributed by atoms with Gasteiger partial charge in [0.15, 0.2) is 6.10 Å². The zero-order valence-electron chi connectivity index (χ0n) is 23.7. The molecule has 14 heteroatoms. The first kappa shape index (κ1) is 33.1. The van der Waals surface area contributed by atoms with Crippen LogP contribution in [0.2, 0.25) is 5.02 Å². The van der Waals surface area contributed by atoms with Gasteiger partial charge in [-0.05, 0) is 76.2 Å². The zero-order chi connectivity index (χ0) is 31.8. The van der Waals surface area contributed by atoms with Crippen molar-refractivity contribution in [2.45, 2.75) is 45.6 Å². The third-order valence-corrected chi connectivity index (χ3v) is 5.67. The Hall–Kier alpha value is -4.36. The molecule has 3 aromatic rings. The Kier molecular flexibility index (Phi) is 11.0. The van der Waals surface area contributed by atoms with Crippen LogP contribution in [0.5, 0.6) is 11.5 Å². The lowest BCUT2D eigenvalue weighted by Gasteiger charge is -2.22. The van der Waals surface area contributed by atoms with Crippen molar-refractivity contribution in [3.05, 3.63) is 77.1 Å². The van der Waals surface area contributed by atoms with Crippen molar-refractivity contribution < 1.29 is 41.8 Å². The summed E-state index contributed by atoms with van der Waals surface area (Å²) in [5.41, 5.74) is -1.36. The van der Waals surface area contributed by atoms with Crippen molar-refractivity contribution in [2.75, 3.05) is 23.8 Å². The van der Waals surface area contributed by atoms with Crippen molar-refractivity contribution in [2.24, 2.45) is 0 Å². The number of urea groups is 1. The molecule has 1 atom stereocenters. The number of amides is 3. The van der Waals surface area contributed by atoms with E-state index >= 15 is 0 Å². The van der Waals surface area contributed by atoms with Crippen molar-refractivity contribution >= 4 is 40.9 Å². The average Bonchev–Trinajstić information content (AvgIpc) is 2.91. The number of esters is 1. The molecule has 3 N–H and O–H groups in total. The van der Waals surface area contributed by atoms with Gasteiger partial charge >= 0.3 is 18.2 Å². The van der Waals surface area contributed by atoms with E-state index < -0.39 is 46.4 Å². The molecule has 43 heavy (non-hydrogen) atoms. The van der Waals surface area contributed by atoms with Crippen molar-refractivity contribution in [1.82, 2.24) is 10.3 Å². The zero-order valence-corrected chi connectivity index (χ0v) is 24.4. The number of anilines is 2. The second kappa shape index (κ2) is 14.2. The molecule has 0 aliphatic rings. The minimum Gasteiger partial charge on any atom is -0.458 e. The highest BCUT2D eigenvalue weighted by atomic mass is 35.5. The van der Waals surface area contributed by atoms with E-state index in [4.69, 9.17) is 25.8 Å². The Bertz CT molecular complexity index is 1450. The number of benzene rings is 2. The van der Waals surface area contributed by atoms with Crippen molar-refractivity contribution in [3.8, 4) is 11.5 Å². The summed E-state index contributed by atoms with van der Waals surface area (Å²) in [5.74, 6) is -0.289. The van der Waals surface area contributed by atoms with Crippen LogP contribution in [0.3, 0.4) is 0 Å². The first-order valence-electron chi connectivity index (χ1n) is 12.9. The highest BCUT2D eigenvalue weighted by molar-refractivity contribution is 6.31. The fourth-order valence-electron chi connectivity index (χ4n) is 3.40. The Morgan fingerprint density at radius 2 is 1.58 bits per heavy atom. The number of alkyl halides is 3. The number of hydrogen-bond acceptors (Lipinski definition) is 7. The summed E-state index contributed by atoms with van der Waals surface area (Å²) in [6.07, 6.45) is -4.07. The van der Waals surface area contributed by atoms with Crippen LogP contribution in [0.15, 0.2) is 60.8 Å². The summed E-state index contributed by atoms with van der Waals surface area (Å²) in [6.45, 7) is 7.03. The van der Waals surface area contributed by atoms with Gasteiger partial charge in [0, 0.05) is 30.2 Å². The quantitative estimate of drug-likeness (QED) is 0.170. The molecule has 10 nitrogen and oxygen atoms in total. The molecule has 1 aromatic heterocycles. The number of carbonyl (C=O) groups is 3. The average molecular weight is 623 g/mol. The molecular formula is C29H30ClF3N4O6. The summed E-state index contributed by atoms with van der Waals surface area (Å²) in [5, 5.41) is 7.00. The van der Waals surface area contributed by atoms with Gasteiger partial charge in [0.25, 0.3) is 5.91 Å². The molecule has 2 aromatic carbocycles. The van der Waals surface area contributed by atoms with Gasteiger partial charge in [-0.1, -0.05) is 11.6 Å². The number of nitrogens with one attached hydrogen (secondary N) is 3. The molecule has 230 valence electrons. The molecule has 0 saturated carbocycles. The van der Waals surface area contributed by atoms with Gasteiger partial charge in [-0.2, -0.15) is 13.2 Å². The Labute approximate surface area is 250 Å². The van der Waals surface area contributed by atoms with Crippen LogP contribution >= 0.6 is 11.6 Å². The molecule has 0 spiro atoms. The van der Waals surface area contributed by atoms with Crippen molar-refractivity contribution in [1.29, 1.82) is 0 Å². The maximum atomic E-state index is 13.1. The van der Waals surface area contributed by atoms with Crippen LogP contribution in [0, 0.1) is 0 Å². The summed E-state index contributed by atoms with van der Waals surface area (Å²) < 4.78 is 55.6. The number of halogens is 4. The van der Waals surface area contributed by atoms with E-state index in [0.29, 0.717) is 17.2 Å². The van der Waals surface area contributed by atoms with Gasteiger partial charge < -0.3 is 30.2 Å². The minimum absolute atomic E-state index is 0.0784. The Morgan fingerprint density at radius 3 is 2.23 bits per heavy atom. The molecule has 0 saturated heterocycles. The highest BCUT2D eigenvalue weighted by Gasteiger charge is 2.33. The topological polar surface area (TPSA) is 128 Å². The Morgan fingerprint density at radius 1 is 0.930 bits per heavy atom. The molecule has 0 radical (unpaired) electrons. The summed E-state index contributed by atoms with van der Waals surface area (Å²) >= 11 is 5.60. The summed E-state index contributed by atoms with van der Waals surface area (Å²) in [7, 11) is 0. The molecule has 1 heterocycles. The van der Waals surface area contributed by atoms with Crippen LogP contribution in [-0.2, 0) is 20.4 Å². The SMILES string of the molecule is CC(OCCNC(=O)c1cc(Oc2ccc(NC(=O)Nc3ccc(Cl)c(C(F)(F)F)c3)cc2)ccn1)C(=O)OC(C)(C)C. The molecule has 0 bridgehead atoms. The number of ether oxygens (including phenoxy) is 3. The number of aromatic nitrogens is 1. The molecule has 0 fully saturated rings.